The van der Waals surface area contributed by atoms with Crippen LogP contribution in [0, 0.1) is 20.8 Å². The number of anilines is 1. The Morgan fingerprint density at radius 3 is 2.40 bits per heavy atom. The van der Waals surface area contributed by atoms with Crippen LogP contribution >= 0.6 is 0 Å². The standard InChI is InChI=1S/C26H24N4O5/c1-15-10-11-16(2)20(12-15)28-21(31)14-29-24(32)22-19(25(33)35-4)13-17(3)27-23(22)30(26(29)34)18-8-6-5-7-9-18/h5-13H,14H2,1-4H3,(H,28,31). The molecule has 0 radical (unpaired) electrons. The number of rotatable bonds is 5. The van der Waals surface area contributed by atoms with Crippen molar-refractivity contribution < 1.29 is 14.3 Å². The van der Waals surface area contributed by atoms with Gasteiger partial charge in [-0.05, 0) is 56.2 Å². The third-order valence-corrected chi connectivity index (χ3v) is 5.61. The number of esters is 1. The average Bonchev–Trinajstić information content (AvgIpc) is 2.83. The van der Waals surface area contributed by atoms with Crippen molar-refractivity contribution >= 4 is 28.6 Å². The number of carbonyl (C=O) groups excluding carboxylic acids is 2. The Hall–Kier alpha value is -4.53. The zero-order valence-electron chi connectivity index (χ0n) is 19.8. The van der Waals surface area contributed by atoms with Crippen LogP contribution in [0.2, 0.25) is 0 Å². The molecule has 0 aliphatic heterocycles. The number of hydrogen-bond donors (Lipinski definition) is 1. The van der Waals surface area contributed by atoms with Crippen LogP contribution in [0.3, 0.4) is 0 Å². The van der Waals surface area contributed by atoms with Crippen LogP contribution in [0.25, 0.3) is 16.7 Å². The van der Waals surface area contributed by atoms with E-state index in [4.69, 9.17) is 4.74 Å². The summed E-state index contributed by atoms with van der Waals surface area (Å²) in [5.41, 5.74) is 1.64. The number of nitrogens with one attached hydrogen (secondary N) is 1. The van der Waals surface area contributed by atoms with Gasteiger partial charge >= 0.3 is 11.7 Å². The Balaban J connectivity index is 1.95. The van der Waals surface area contributed by atoms with Crippen LogP contribution in [0.4, 0.5) is 5.69 Å². The molecular formula is C26H24N4O5. The summed E-state index contributed by atoms with van der Waals surface area (Å²) in [5.74, 6) is -1.31. The first kappa shape index (κ1) is 23.6. The molecule has 35 heavy (non-hydrogen) atoms. The lowest BCUT2D eigenvalue weighted by atomic mass is 10.1. The number of hydrogen-bond acceptors (Lipinski definition) is 6. The Bertz CT molecular complexity index is 1590. The maximum Gasteiger partial charge on any atom is 0.338 e. The molecule has 0 fully saturated rings. The topological polar surface area (TPSA) is 112 Å². The van der Waals surface area contributed by atoms with E-state index in [2.05, 4.69) is 10.3 Å². The Morgan fingerprint density at radius 2 is 1.71 bits per heavy atom. The van der Waals surface area contributed by atoms with Crippen LogP contribution in [0.5, 0.6) is 0 Å². The molecule has 4 aromatic rings. The van der Waals surface area contributed by atoms with Gasteiger partial charge in [0.2, 0.25) is 5.91 Å². The van der Waals surface area contributed by atoms with E-state index < -0.39 is 29.7 Å². The summed E-state index contributed by atoms with van der Waals surface area (Å²) in [4.78, 5) is 57.0. The van der Waals surface area contributed by atoms with Gasteiger partial charge in [-0.2, -0.15) is 0 Å². The number of pyridine rings is 1. The van der Waals surface area contributed by atoms with Crippen LogP contribution in [-0.4, -0.2) is 33.1 Å². The number of nitrogens with zero attached hydrogens (tertiary/aromatic N) is 3. The predicted octanol–water partition coefficient (Wildman–Crippen LogP) is 2.90. The average molecular weight is 473 g/mol. The van der Waals surface area contributed by atoms with Crippen molar-refractivity contribution in [3.05, 3.63) is 97.8 Å². The number of benzene rings is 2. The lowest BCUT2D eigenvalue weighted by molar-refractivity contribution is -0.116. The normalized spacial score (nSPS) is 10.9. The second kappa shape index (κ2) is 9.38. The number of carbonyl (C=O) groups is 2. The second-order valence-electron chi connectivity index (χ2n) is 8.21. The first-order chi connectivity index (χ1) is 16.7. The molecule has 0 atom stereocenters. The highest BCUT2D eigenvalue weighted by Crippen LogP contribution is 2.19. The zero-order valence-corrected chi connectivity index (χ0v) is 19.8. The van der Waals surface area contributed by atoms with Crippen LogP contribution in [-0.2, 0) is 16.1 Å². The summed E-state index contributed by atoms with van der Waals surface area (Å²) in [7, 11) is 1.20. The minimum absolute atomic E-state index is 0.0118. The van der Waals surface area contributed by atoms with Gasteiger partial charge in [0.15, 0.2) is 5.65 Å². The molecule has 1 amide bonds. The van der Waals surface area contributed by atoms with E-state index in [0.29, 0.717) is 17.1 Å². The molecule has 2 aromatic heterocycles. The SMILES string of the molecule is COC(=O)c1cc(C)nc2c1c(=O)n(CC(=O)Nc1cc(C)ccc1C)c(=O)n2-c1ccccc1. The Morgan fingerprint density at radius 1 is 1.00 bits per heavy atom. The molecule has 0 unspecified atom stereocenters. The van der Waals surface area contributed by atoms with Gasteiger partial charge in [-0.25, -0.2) is 23.7 Å². The van der Waals surface area contributed by atoms with Gasteiger partial charge in [-0.3, -0.25) is 9.59 Å². The molecule has 1 N–H and O–H groups in total. The second-order valence-corrected chi connectivity index (χ2v) is 8.21. The van der Waals surface area contributed by atoms with E-state index in [0.717, 1.165) is 15.7 Å². The number of fused-ring (bicyclic) bond motifs is 1. The van der Waals surface area contributed by atoms with Crippen molar-refractivity contribution in [2.24, 2.45) is 0 Å². The van der Waals surface area contributed by atoms with E-state index in [1.54, 1.807) is 43.3 Å². The van der Waals surface area contributed by atoms with Crippen molar-refractivity contribution in [2.45, 2.75) is 27.3 Å². The molecule has 0 spiro atoms. The molecule has 4 rings (SSSR count). The number of para-hydroxylation sites is 1. The lowest BCUT2D eigenvalue weighted by Crippen LogP contribution is -2.43. The van der Waals surface area contributed by atoms with Crippen molar-refractivity contribution in [1.29, 1.82) is 0 Å². The molecule has 0 bridgehead atoms. The summed E-state index contributed by atoms with van der Waals surface area (Å²) in [6.45, 7) is 4.83. The fourth-order valence-electron chi connectivity index (χ4n) is 3.89. The van der Waals surface area contributed by atoms with Gasteiger partial charge in [0.1, 0.15) is 6.54 Å². The van der Waals surface area contributed by atoms with Crippen molar-refractivity contribution in [3.8, 4) is 5.69 Å². The van der Waals surface area contributed by atoms with Crippen LogP contribution in [0.1, 0.15) is 27.2 Å². The monoisotopic (exact) mass is 472 g/mol. The number of aromatic nitrogens is 3. The first-order valence-corrected chi connectivity index (χ1v) is 10.9. The minimum Gasteiger partial charge on any atom is -0.465 e. The van der Waals surface area contributed by atoms with Crippen molar-refractivity contribution in [1.82, 2.24) is 14.1 Å². The van der Waals surface area contributed by atoms with Gasteiger partial charge in [-0.1, -0.05) is 30.3 Å². The summed E-state index contributed by atoms with van der Waals surface area (Å²) >= 11 is 0. The number of methoxy groups -OCH3 is 1. The summed E-state index contributed by atoms with van der Waals surface area (Å²) in [5, 5.41) is 2.66. The third kappa shape index (κ3) is 4.48. The van der Waals surface area contributed by atoms with Crippen molar-refractivity contribution in [2.75, 3.05) is 12.4 Å². The molecule has 0 aliphatic carbocycles. The molecule has 9 nitrogen and oxygen atoms in total. The highest BCUT2D eigenvalue weighted by atomic mass is 16.5. The smallest absolute Gasteiger partial charge is 0.338 e. The fraction of sp³-hybridized carbons (Fsp3) is 0.192. The maximum absolute atomic E-state index is 13.6. The number of amides is 1. The summed E-state index contributed by atoms with van der Waals surface area (Å²) < 4.78 is 6.90. The van der Waals surface area contributed by atoms with Gasteiger partial charge in [-0.15, -0.1) is 0 Å². The molecule has 9 heteroatoms. The summed E-state index contributed by atoms with van der Waals surface area (Å²) in [6, 6.07) is 15.6. The van der Waals surface area contributed by atoms with Gasteiger partial charge in [0.25, 0.3) is 5.56 Å². The van der Waals surface area contributed by atoms with E-state index in [1.165, 1.54) is 17.7 Å². The quantitative estimate of drug-likeness (QED) is 0.447. The van der Waals surface area contributed by atoms with Crippen LogP contribution < -0.4 is 16.6 Å². The number of aryl methyl sites for hydroxylation is 3. The molecule has 0 saturated carbocycles. The van der Waals surface area contributed by atoms with Gasteiger partial charge < -0.3 is 10.1 Å². The molecule has 2 aromatic carbocycles. The van der Waals surface area contributed by atoms with Gasteiger partial charge in [0, 0.05) is 11.4 Å². The van der Waals surface area contributed by atoms with E-state index in [-0.39, 0.29) is 16.6 Å². The van der Waals surface area contributed by atoms with Crippen molar-refractivity contribution in [3.63, 3.8) is 0 Å². The maximum atomic E-state index is 13.6. The predicted molar refractivity (Wildman–Crippen MR) is 132 cm³/mol. The third-order valence-electron chi connectivity index (χ3n) is 5.61. The lowest BCUT2D eigenvalue weighted by Gasteiger charge is -2.16. The number of ether oxygens (including phenoxy) is 1. The molecule has 178 valence electrons. The zero-order chi connectivity index (χ0) is 25.3. The van der Waals surface area contributed by atoms with Gasteiger partial charge in [0.05, 0.1) is 23.7 Å². The van der Waals surface area contributed by atoms with Crippen LogP contribution in [0.15, 0.2) is 64.2 Å². The fourth-order valence-corrected chi connectivity index (χ4v) is 3.89. The van der Waals surface area contributed by atoms with E-state index in [1.807, 2.05) is 26.0 Å². The molecule has 0 aliphatic rings. The Labute approximate surface area is 200 Å². The highest BCUT2D eigenvalue weighted by Gasteiger charge is 2.23. The molecule has 0 saturated heterocycles. The molecular weight excluding hydrogens is 448 g/mol. The highest BCUT2D eigenvalue weighted by molar-refractivity contribution is 6.02. The minimum atomic E-state index is -0.804. The first-order valence-electron chi connectivity index (χ1n) is 10.9. The summed E-state index contributed by atoms with van der Waals surface area (Å²) in [6.07, 6.45) is 0. The largest absolute Gasteiger partial charge is 0.465 e. The van der Waals surface area contributed by atoms with E-state index >= 15 is 0 Å². The van der Waals surface area contributed by atoms with E-state index in [9.17, 15) is 19.2 Å². The Kier molecular flexibility index (Phi) is 6.33. The molecule has 2 heterocycles.